The Bertz CT molecular complexity index is 1460. The Morgan fingerprint density at radius 3 is 1.60 bits per heavy atom. The van der Waals surface area contributed by atoms with E-state index in [4.69, 9.17) is 5.73 Å². The first kappa shape index (κ1) is 28.8. The lowest BCUT2D eigenvalue weighted by Crippen LogP contribution is -2.44. The van der Waals surface area contributed by atoms with Gasteiger partial charge in [-0.25, -0.2) is 0 Å². The Balaban J connectivity index is 1.85. The second kappa shape index (κ2) is 11.7. The number of hydrogen-bond donors (Lipinski definition) is 12. The highest BCUT2D eigenvalue weighted by molar-refractivity contribution is 6.02. The van der Waals surface area contributed by atoms with E-state index in [1.54, 1.807) is 0 Å². The molecule has 2 amide bonds. The van der Waals surface area contributed by atoms with Gasteiger partial charge in [0.15, 0.2) is 51.7 Å². The van der Waals surface area contributed by atoms with E-state index in [-0.39, 0.29) is 23.1 Å². The number of nitrogens with one attached hydrogen (secondary N) is 2. The van der Waals surface area contributed by atoms with Gasteiger partial charge in [0, 0.05) is 6.20 Å². The predicted molar refractivity (Wildman–Crippen MR) is 139 cm³/mol. The third kappa shape index (κ3) is 6.76. The highest BCUT2D eigenvalue weighted by atomic mass is 16.3. The average Bonchev–Trinajstić information content (AvgIpc) is 2.88. The zero-order valence-corrected chi connectivity index (χ0v) is 20.4. The summed E-state index contributed by atoms with van der Waals surface area (Å²) in [6, 6.07) is 5.00. The third-order valence-corrected chi connectivity index (χ3v) is 5.41. The molecule has 3 rings (SSSR count). The molecule has 0 spiro atoms. The SMILES string of the molecule is NC(Cc1cc(O)c(O)c(O)c1)C(=O)N/C(=C/c1cc(O)c(O)c(O)c1)C(=O)N/C=C/c1cc(O)c(O)c(O)c1. The zero-order valence-electron chi connectivity index (χ0n) is 20.4. The molecule has 0 fully saturated rings. The Labute approximate surface area is 225 Å². The van der Waals surface area contributed by atoms with Crippen LogP contribution in [0.3, 0.4) is 0 Å². The number of phenolic OH excluding ortho intramolecular Hbond substituents is 9. The summed E-state index contributed by atoms with van der Waals surface area (Å²) in [7, 11) is 0. The van der Waals surface area contributed by atoms with Crippen molar-refractivity contribution < 1.29 is 55.5 Å². The fraction of sp³-hybridized carbons (Fsp3) is 0.0769. The van der Waals surface area contributed by atoms with E-state index in [0.717, 1.165) is 48.7 Å². The number of aromatic hydroxyl groups is 9. The number of nitrogens with two attached hydrogens (primary N) is 1. The van der Waals surface area contributed by atoms with Gasteiger partial charge in [0.25, 0.3) is 5.91 Å². The number of phenols is 9. The Kier molecular flexibility index (Phi) is 8.46. The quantitative estimate of drug-likeness (QED) is 0.136. The molecule has 210 valence electrons. The number of carbonyl (C=O) groups is 2. The molecule has 1 atom stereocenters. The molecule has 0 heterocycles. The van der Waals surface area contributed by atoms with E-state index in [1.165, 1.54) is 6.08 Å². The van der Waals surface area contributed by atoms with Gasteiger partial charge < -0.3 is 62.3 Å². The van der Waals surface area contributed by atoms with E-state index in [1.807, 2.05) is 0 Å². The highest BCUT2D eigenvalue weighted by Crippen LogP contribution is 2.37. The Morgan fingerprint density at radius 1 is 0.700 bits per heavy atom. The van der Waals surface area contributed by atoms with Crippen molar-refractivity contribution in [2.45, 2.75) is 12.5 Å². The van der Waals surface area contributed by atoms with E-state index in [9.17, 15) is 55.5 Å². The largest absolute Gasteiger partial charge is 0.504 e. The maximum Gasteiger partial charge on any atom is 0.271 e. The zero-order chi connectivity index (χ0) is 29.7. The van der Waals surface area contributed by atoms with E-state index in [2.05, 4.69) is 10.6 Å². The molecule has 0 saturated heterocycles. The third-order valence-electron chi connectivity index (χ3n) is 5.41. The summed E-state index contributed by atoms with van der Waals surface area (Å²) in [6.07, 6.45) is 3.13. The lowest BCUT2D eigenvalue weighted by Gasteiger charge is -2.15. The first-order valence-electron chi connectivity index (χ1n) is 11.3. The second-order valence-corrected chi connectivity index (χ2v) is 8.46. The molecule has 3 aromatic carbocycles. The fourth-order valence-electron chi connectivity index (χ4n) is 3.40. The molecular weight excluding hydrogens is 530 g/mol. The van der Waals surface area contributed by atoms with Crippen LogP contribution in [0, 0.1) is 0 Å². The van der Waals surface area contributed by atoms with Crippen molar-refractivity contribution in [1.82, 2.24) is 10.6 Å². The minimum atomic E-state index is -1.33. The van der Waals surface area contributed by atoms with Crippen molar-refractivity contribution in [1.29, 1.82) is 0 Å². The molecule has 14 nitrogen and oxygen atoms in total. The lowest BCUT2D eigenvalue weighted by atomic mass is 10.0. The topological polar surface area (TPSA) is 266 Å². The summed E-state index contributed by atoms with van der Waals surface area (Å²) in [5.74, 6) is -8.08. The van der Waals surface area contributed by atoms with Crippen LogP contribution in [0.1, 0.15) is 16.7 Å². The van der Waals surface area contributed by atoms with Gasteiger partial charge in [-0.15, -0.1) is 0 Å². The van der Waals surface area contributed by atoms with Crippen LogP contribution < -0.4 is 16.4 Å². The van der Waals surface area contributed by atoms with Gasteiger partial charge in [0.1, 0.15) is 5.70 Å². The molecule has 13 N–H and O–H groups in total. The molecule has 0 saturated carbocycles. The molecule has 40 heavy (non-hydrogen) atoms. The summed E-state index contributed by atoms with van der Waals surface area (Å²) in [4.78, 5) is 25.7. The van der Waals surface area contributed by atoms with Gasteiger partial charge in [-0.2, -0.15) is 0 Å². The predicted octanol–water partition coefficient (Wildman–Crippen LogP) is 0.851. The van der Waals surface area contributed by atoms with Crippen molar-refractivity contribution in [2.24, 2.45) is 5.73 Å². The summed E-state index contributed by atoms with van der Waals surface area (Å²) in [5.41, 5.74) is 5.83. The van der Waals surface area contributed by atoms with Crippen molar-refractivity contribution >= 4 is 24.0 Å². The van der Waals surface area contributed by atoms with Crippen molar-refractivity contribution in [2.75, 3.05) is 0 Å². The highest BCUT2D eigenvalue weighted by Gasteiger charge is 2.21. The first-order valence-corrected chi connectivity index (χ1v) is 11.3. The van der Waals surface area contributed by atoms with Crippen LogP contribution in [0.25, 0.3) is 12.2 Å². The van der Waals surface area contributed by atoms with Gasteiger partial charge in [-0.3, -0.25) is 9.59 Å². The molecule has 0 aromatic heterocycles. The summed E-state index contributed by atoms with van der Waals surface area (Å²) in [6.45, 7) is 0. The number of amides is 2. The molecule has 0 radical (unpaired) electrons. The molecular formula is C26H25N3O11. The standard InChI is InChI=1S/C26H25N3O11/c27-14(3-12-7-18(32)23(37)19(33)8-12)25(39)29-15(4-13-9-20(34)24(38)21(35)10-13)26(40)28-2-1-11-5-16(30)22(36)17(31)6-11/h1-2,4-10,14,30-38H,3,27H2,(H,28,40)(H,29,39)/b2-1+,15-4+. The van der Waals surface area contributed by atoms with E-state index in [0.29, 0.717) is 0 Å². The molecule has 1 unspecified atom stereocenters. The minimum absolute atomic E-state index is 0.0161. The summed E-state index contributed by atoms with van der Waals surface area (Å²) < 4.78 is 0. The van der Waals surface area contributed by atoms with Crippen LogP contribution in [0.4, 0.5) is 0 Å². The molecule has 0 bridgehead atoms. The van der Waals surface area contributed by atoms with Gasteiger partial charge >= 0.3 is 0 Å². The van der Waals surface area contributed by atoms with Crippen molar-refractivity contribution in [3.05, 3.63) is 65.0 Å². The Hall–Kier alpha value is -5.76. The Morgan fingerprint density at radius 2 is 1.12 bits per heavy atom. The van der Waals surface area contributed by atoms with Crippen molar-refractivity contribution in [3.8, 4) is 51.7 Å². The summed E-state index contributed by atoms with van der Waals surface area (Å²) in [5, 5.41) is 91.2. The number of benzene rings is 3. The smallest absolute Gasteiger partial charge is 0.271 e. The maximum absolute atomic E-state index is 12.9. The normalized spacial score (nSPS) is 12.3. The number of hydrogen-bond acceptors (Lipinski definition) is 12. The van der Waals surface area contributed by atoms with E-state index < -0.39 is 75.3 Å². The fourth-order valence-corrected chi connectivity index (χ4v) is 3.40. The van der Waals surface area contributed by atoms with Crippen LogP contribution in [-0.4, -0.2) is 63.8 Å². The van der Waals surface area contributed by atoms with Crippen LogP contribution in [0.5, 0.6) is 51.7 Å². The van der Waals surface area contributed by atoms with Crippen molar-refractivity contribution in [3.63, 3.8) is 0 Å². The van der Waals surface area contributed by atoms with E-state index >= 15 is 0 Å². The second-order valence-electron chi connectivity index (χ2n) is 8.46. The lowest BCUT2D eigenvalue weighted by molar-refractivity contribution is -0.124. The van der Waals surface area contributed by atoms with Crippen LogP contribution in [-0.2, 0) is 16.0 Å². The molecule has 0 aliphatic heterocycles. The number of rotatable bonds is 8. The van der Waals surface area contributed by atoms with Crippen LogP contribution in [0.15, 0.2) is 48.3 Å². The molecule has 0 aliphatic rings. The summed E-state index contributed by atoms with van der Waals surface area (Å²) >= 11 is 0. The first-order chi connectivity index (χ1) is 18.8. The van der Waals surface area contributed by atoms with Crippen LogP contribution in [0.2, 0.25) is 0 Å². The molecule has 3 aromatic rings. The minimum Gasteiger partial charge on any atom is -0.504 e. The maximum atomic E-state index is 12.9. The van der Waals surface area contributed by atoms with Gasteiger partial charge in [0.05, 0.1) is 6.04 Å². The van der Waals surface area contributed by atoms with Gasteiger partial charge in [0.2, 0.25) is 5.91 Å². The van der Waals surface area contributed by atoms with Crippen LogP contribution >= 0.6 is 0 Å². The number of carbonyl (C=O) groups excluding carboxylic acids is 2. The molecule has 0 aliphatic carbocycles. The van der Waals surface area contributed by atoms with Gasteiger partial charge in [-0.1, -0.05) is 0 Å². The molecule has 14 heteroatoms. The monoisotopic (exact) mass is 555 g/mol. The average molecular weight is 555 g/mol. The van der Waals surface area contributed by atoms with Gasteiger partial charge in [-0.05, 0) is 71.7 Å².